The Labute approximate surface area is 150 Å². The summed E-state index contributed by atoms with van der Waals surface area (Å²) in [4.78, 5) is 20.7. The van der Waals surface area contributed by atoms with E-state index in [2.05, 4.69) is 20.1 Å². The molecule has 1 fully saturated rings. The third-order valence-electron chi connectivity index (χ3n) is 4.50. The van der Waals surface area contributed by atoms with Crippen LogP contribution in [0.5, 0.6) is 0 Å². The fraction of sp³-hybridized carbons (Fsp3) is 0.667. The maximum Gasteiger partial charge on any atom is 0.310 e. The molecule has 2 atom stereocenters. The van der Waals surface area contributed by atoms with Gasteiger partial charge in [-0.25, -0.2) is 0 Å². The molecule has 1 aromatic rings. The Morgan fingerprint density at radius 1 is 1.56 bits per heavy atom. The van der Waals surface area contributed by atoms with Crippen LogP contribution in [-0.2, 0) is 9.53 Å². The summed E-state index contributed by atoms with van der Waals surface area (Å²) in [7, 11) is 5.82. The zero-order chi connectivity index (χ0) is 18.2. The second-order valence-electron chi connectivity index (χ2n) is 6.46. The summed E-state index contributed by atoms with van der Waals surface area (Å²) >= 11 is 0. The molecule has 0 spiro atoms. The molecule has 2 unspecified atom stereocenters. The van der Waals surface area contributed by atoms with Gasteiger partial charge in [-0.05, 0) is 46.0 Å². The lowest BCUT2D eigenvalue weighted by molar-refractivity contribution is -0.149. The molecule has 7 heteroatoms. The molecule has 1 aliphatic heterocycles. The highest BCUT2D eigenvalue weighted by molar-refractivity contribution is 5.81. The molecule has 1 saturated heterocycles. The third-order valence-corrected chi connectivity index (χ3v) is 4.50. The molecule has 0 aromatic carbocycles. The van der Waals surface area contributed by atoms with Gasteiger partial charge in [0.25, 0.3) is 0 Å². The van der Waals surface area contributed by atoms with Crippen molar-refractivity contribution in [1.82, 2.24) is 15.1 Å². The van der Waals surface area contributed by atoms with Gasteiger partial charge in [0, 0.05) is 26.7 Å². The van der Waals surface area contributed by atoms with Gasteiger partial charge < -0.3 is 19.4 Å². The quantitative estimate of drug-likeness (QED) is 0.479. The lowest BCUT2D eigenvalue weighted by atomic mass is 9.98. The zero-order valence-electron chi connectivity index (χ0n) is 15.7. The van der Waals surface area contributed by atoms with Gasteiger partial charge in [-0.1, -0.05) is 0 Å². The van der Waals surface area contributed by atoms with Crippen molar-refractivity contribution in [3.8, 4) is 0 Å². The summed E-state index contributed by atoms with van der Waals surface area (Å²) in [6, 6.07) is 3.99. The summed E-state index contributed by atoms with van der Waals surface area (Å²) in [5.41, 5.74) is 0. The number of esters is 1. The zero-order valence-corrected chi connectivity index (χ0v) is 15.7. The highest BCUT2D eigenvalue weighted by Gasteiger charge is 2.29. The molecule has 0 amide bonds. The molecule has 25 heavy (non-hydrogen) atoms. The van der Waals surface area contributed by atoms with Crippen molar-refractivity contribution >= 4 is 11.9 Å². The largest absolute Gasteiger partial charge is 0.468 e. The van der Waals surface area contributed by atoms with E-state index in [1.54, 1.807) is 13.3 Å². The first-order valence-corrected chi connectivity index (χ1v) is 8.88. The molecule has 1 aliphatic rings. The van der Waals surface area contributed by atoms with E-state index in [1.165, 1.54) is 0 Å². The summed E-state index contributed by atoms with van der Waals surface area (Å²) in [6.07, 6.45) is 3.52. The molecule has 1 N–H and O–H groups in total. The third kappa shape index (κ3) is 5.22. The van der Waals surface area contributed by atoms with Crippen molar-refractivity contribution in [2.75, 3.05) is 47.4 Å². The van der Waals surface area contributed by atoms with Gasteiger partial charge >= 0.3 is 5.97 Å². The molecule has 7 nitrogen and oxygen atoms in total. The predicted octanol–water partition coefficient (Wildman–Crippen LogP) is 1.73. The first-order valence-electron chi connectivity index (χ1n) is 8.88. The minimum absolute atomic E-state index is 0.0815. The number of hydrogen-bond donors (Lipinski definition) is 1. The van der Waals surface area contributed by atoms with Crippen LogP contribution in [-0.4, -0.2) is 69.1 Å². The maximum atomic E-state index is 12.0. The number of likely N-dealkylation sites (N-methyl/N-ethyl adjacent to an activating group) is 1. The number of piperidine rings is 1. The van der Waals surface area contributed by atoms with Crippen LogP contribution in [0.3, 0.4) is 0 Å². The number of aliphatic imine (C=N–C) groups is 1. The molecule has 0 bridgehead atoms. The Bertz CT molecular complexity index is 557. The van der Waals surface area contributed by atoms with Gasteiger partial charge in [-0.3, -0.25) is 14.7 Å². The molecular formula is C18H30N4O3. The van der Waals surface area contributed by atoms with Crippen molar-refractivity contribution in [2.24, 2.45) is 10.9 Å². The van der Waals surface area contributed by atoms with E-state index in [0.29, 0.717) is 19.7 Å². The van der Waals surface area contributed by atoms with E-state index in [9.17, 15) is 4.79 Å². The Hall–Kier alpha value is -2.02. The number of guanidine groups is 1. The maximum absolute atomic E-state index is 12.0. The number of carbonyl (C=O) groups excluding carboxylic acids is 1. The average Bonchev–Trinajstić information content (AvgIpc) is 3.13. The topological polar surface area (TPSA) is 70.3 Å². The van der Waals surface area contributed by atoms with Crippen LogP contribution < -0.4 is 5.32 Å². The summed E-state index contributed by atoms with van der Waals surface area (Å²) < 4.78 is 10.7. The monoisotopic (exact) mass is 350 g/mol. The van der Waals surface area contributed by atoms with Crippen molar-refractivity contribution < 1.29 is 13.9 Å². The second kappa shape index (κ2) is 9.46. The van der Waals surface area contributed by atoms with Crippen LogP contribution in [0.4, 0.5) is 0 Å². The Balaban J connectivity index is 1.96. The average molecular weight is 350 g/mol. The number of likely N-dealkylation sites (tertiary alicyclic amines) is 1. The number of nitrogens with one attached hydrogen (secondary N) is 1. The lowest BCUT2D eigenvalue weighted by Crippen LogP contribution is -2.49. The van der Waals surface area contributed by atoms with Crippen LogP contribution >= 0.6 is 0 Å². The van der Waals surface area contributed by atoms with E-state index in [1.807, 2.05) is 33.2 Å². The summed E-state index contributed by atoms with van der Waals surface area (Å²) in [6.45, 7) is 4.48. The molecule has 0 aliphatic carbocycles. The Morgan fingerprint density at radius 2 is 2.36 bits per heavy atom. The molecule has 2 heterocycles. The normalized spacial score (nSPS) is 19.8. The van der Waals surface area contributed by atoms with Crippen molar-refractivity contribution in [1.29, 1.82) is 0 Å². The Morgan fingerprint density at radius 3 is 2.96 bits per heavy atom. The van der Waals surface area contributed by atoms with Gasteiger partial charge in [-0.15, -0.1) is 0 Å². The minimum atomic E-state index is -0.107. The first-order chi connectivity index (χ1) is 12.1. The predicted molar refractivity (Wildman–Crippen MR) is 97.4 cm³/mol. The van der Waals surface area contributed by atoms with E-state index in [0.717, 1.165) is 31.1 Å². The van der Waals surface area contributed by atoms with Gasteiger partial charge in [0.15, 0.2) is 5.96 Å². The van der Waals surface area contributed by atoms with Gasteiger partial charge in [0.2, 0.25) is 0 Å². The number of nitrogens with zero attached hydrogens (tertiary/aromatic N) is 3. The highest BCUT2D eigenvalue weighted by atomic mass is 16.5. The van der Waals surface area contributed by atoms with Gasteiger partial charge in [0.1, 0.15) is 5.76 Å². The first kappa shape index (κ1) is 19.3. The van der Waals surface area contributed by atoms with Crippen LogP contribution in [0.1, 0.15) is 31.6 Å². The fourth-order valence-corrected chi connectivity index (χ4v) is 3.16. The SMILES string of the molecule is CCOC(=O)C1CCCN(C(=NC)NCC(c2ccco2)N(C)C)C1. The van der Waals surface area contributed by atoms with Crippen molar-refractivity contribution in [3.63, 3.8) is 0 Å². The van der Waals surface area contributed by atoms with E-state index >= 15 is 0 Å². The molecule has 0 saturated carbocycles. The van der Waals surface area contributed by atoms with Crippen LogP contribution in [0.25, 0.3) is 0 Å². The molecular weight excluding hydrogens is 320 g/mol. The van der Waals surface area contributed by atoms with Gasteiger partial charge in [0.05, 0.1) is 24.8 Å². The molecule has 1 aromatic heterocycles. The number of ether oxygens (including phenoxy) is 1. The molecule has 0 radical (unpaired) electrons. The smallest absolute Gasteiger partial charge is 0.310 e. The number of rotatable bonds is 6. The van der Waals surface area contributed by atoms with Crippen molar-refractivity contribution in [3.05, 3.63) is 24.2 Å². The van der Waals surface area contributed by atoms with Crippen LogP contribution in [0.2, 0.25) is 0 Å². The molecule has 140 valence electrons. The number of carbonyl (C=O) groups is 1. The van der Waals surface area contributed by atoms with E-state index in [-0.39, 0.29) is 17.9 Å². The number of hydrogen-bond acceptors (Lipinski definition) is 5. The summed E-state index contributed by atoms with van der Waals surface area (Å²) in [5, 5.41) is 3.42. The second-order valence-corrected chi connectivity index (χ2v) is 6.46. The fourth-order valence-electron chi connectivity index (χ4n) is 3.16. The minimum Gasteiger partial charge on any atom is -0.468 e. The standard InChI is InChI=1S/C18H30N4O3/c1-5-24-17(23)14-8-6-10-22(13-14)18(19-2)20-12-15(21(3)4)16-9-7-11-25-16/h7,9,11,14-15H,5-6,8,10,12-13H2,1-4H3,(H,19,20). The van der Waals surface area contributed by atoms with E-state index in [4.69, 9.17) is 9.15 Å². The van der Waals surface area contributed by atoms with E-state index < -0.39 is 0 Å². The highest BCUT2D eigenvalue weighted by Crippen LogP contribution is 2.20. The number of furan rings is 1. The van der Waals surface area contributed by atoms with Crippen molar-refractivity contribution in [2.45, 2.75) is 25.8 Å². The van der Waals surface area contributed by atoms with Gasteiger partial charge in [-0.2, -0.15) is 0 Å². The lowest BCUT2D eigenvalue weighted by Gasteiger charge is -2.34. The Kier molecular flexibility index (Phi) is 7.31. The van der Waals surface area contributed by atoms with Crippen LogP contribution in [0, 0.1) is 5.92 Å². The molecule has 2 rings (SSSR count). The van der Waals surface area contributed by atoms with Crippen LogP contribution in [0.15, 0.2) is 27.8 Å². The summed E-state index contributed by atoms with van der Waals surface area (Å²) in [5.74, 6) is 1.54.